The van der Waals surface area contributed by atoms with E-state index in [4.69, 9.17) is 10.5 Å². The van der Waals surface area contributed by atoms with E-state index < -0.39 is 0 Å². The Morgan fingerprint density at radius 3 is 2.92 bits per heavy atom. The second-order valence-corrected chi connectivity index (χ2v) is 3.15. The summed E-state index contributed by atoms with van der Waals surface area (Å²) in [6.45, 7) is 4.28. The molecule has 0 saturated heterocycles. The second kappa shape index (κ2) is 3.54. The normalized spacial score (nSPS) is 11.2. The summed E-state index contributed by atoms with van der Waals surface area (Å²) >= 11 is 0. The highest BCUT2D eigenvalue weighted by molar-refractivity contribution is 5.08. The largest absolute Gasteiger partial charge is 0.470 e. The molecule has 3 nitrogen and oxygen atoms in total. The number of hydrogen-bond donors (Lipinski definition) is 1. The molecule has 0 amide bonds. The van der Waals surface area contributed by atoms with Crippen molar-refractivity contribution in [3.05, 3.63) is 24.4 Å². The third-order valence-corrected chi connectivity index (χ3v) is 1.45. The molecule has 1 rings (SSSR count). The maximum atomic E-state index is 5.49. The molecule has 0 atom stereocenters. The molecule has 0 aromatic carbocycles. The fourth-order valence-electron chi connectivity index (χ4n) is 0.670. The molecule has 1 radical (unpaired) electrons. The van der Waals surface area contributed by atoms with Crippen molar-refractivity contribution in [1.82, 2.24) is 4.98 Å². The first-order valence-corrected chi connectivity index (χ1v) is 3.86. The summed E-state index contributed by atoms with van der Waals surface area (Å²) in [4.78, 5) is 3.98. The lowest BCUT2D eigenvalue weighted by Gasteiger charge is -2.23. The third-order valence-electron chi connectivity index (χ3n) is 1.45. The molecule has 0 unspecified atom stereocenters. The van der Waals surface area contributed by atoms with Gasteiger partial charge in [-0.25, -0.2) is 4.98 Å². The molecule has 0 aliphatic rings. The van der Waals surface area contributed by atoms with Crippen LogP contribution < -0.4 is 10.5 Å². The van der Waals surface area contributed by atoms with Crippen LogP contribution in [0, 0.1) is 6.07 Å². The van der Waals surface area contributed by atoms with E-state index in [1.807, 2.05) is 13.8 Å². The molecule has 1 heterocycles. The van der Waals surface area contributed by atoms with E-state index in [0.717, 1.165) is 0 Å². The van der Waals surface area contributed by atoms with Crippen molar-refractivity contribution in [3.8, 4) is 5.88 Å². The van der Waals surface area contributed by atoms with Gasteiger partial charge in [-0.05, 0) is 26.0 Å². The topological polar surface area (TPSA) is 48.1 Å². The van der Waals surface area contributed by atoms with Crippen LogP contribution in [0.4, 0.5) is 0 Å². The Morgan fingerprint density at radius 2 is 2.42 bits per heavy atom. The SMILES string of the molecule is CC(C)(CN)Oc1[c]cccn1. The van der Waals surface area contributed by atoms with E-state index in [2.05, 4.69) is 11.1 Å². The molecule has 3 heteroatoms. The van der Waals surface area contributed by atoms with E-state index in [1.54, 1.807) is 18.3 Å². The van der Waals surface area contributed by atoms with Gasteiger partial charge in [-0.3, -0.25) is 0 Å². The first-order valence-electron chi connectivity index (χ1n) is 3.86. The summed E-state index contributed by atoms with van der Waals surface area (Å²) in [5.41, 5.74) is 5.12. The van der Waals surface area contributed by atoms with Crippen molar-refractivity contribution in [2.45, 2.75) is 19.4 Å². The Hall–Kier alpha value is -1.09. The Labute approximate surface area is 72.6 Å². The van der Waals surface area contributed by atoms with Gasteiger partial charge in [0.15, 0.2) is 0 Å². The fraction of sp³-hybridized carbons (Fsp3) is 0.444. The number of nitrogens with zero attached hydrogens (tertiary/aromatic N) is 1. The second-order valence-electron chi connectivity index (χ2n) is 3.15. The summed E-state index contributed by atoms with van der Waals surface area (Å²) in [6.07, 6.45) is 1.67. The molecular formula is C9H13N2O. The van der Waals surface area contributed by atoms with Crippen molar-refractivity contribution in [2.75, 3.05) is 6.54 Å². The van der Waals surface area contributed by atoms with Gasteiger partial charge >= 0.3 is 0 Å². The molecule has 1 aromatic heterocycles. The number of ether oxygens (including phenoxy) is 1. The lowest BCUT2D eigenvalue weighted by molar-refractivity contribution is 0.112. The van der Waals surface area contributed by atoms with Crippen LogP contribution in [0.1, 0.15) is 13.8 Å². The Morgan fingerprint density at radius 1 is 1.67 bits per heavy atom. The highest BCUT2D eigenvalue weighted by Gasteiger charge is 2.17. The minimum absolute atomic E-state index is 0.370. The van der Waals surface area contributed by atoms with E-state index in [0.29, 0.717) is 12.4 Å². The van der Waals surface area contributed by atoms with Gasteiger partial charge in [0.25, 0.3) is 0 Å². The number of nitrogens with two attached hydrogens (primary N) is 1. The van der Waals surface area contributed by atoms with E-state index >= 15 is 0 Å². The van der Waals surface area contributed by atoms with Crippen LogP contribution in [-0.4, -0.2) is 17.1 Å². The Kier molecular flexibility index (Phi) is 2.65. The molecule has 12 heavy (non-hydrogen) atoms. The van der Waals surface area contributed by atoms with Crippen LogP contribution >= 0.6 is 0 Å². The van der Waals surface area contributed by atoms with Crippen molar-refractivity contribution in [2.24, 2.45) is 5.73 Å². The van der Waals surface area contributed by atoms with Gasteiger partial charge in [-0.2, -0.15) is 0 Å². The Bertz CT molecular complexity index is 234. The lowest BCUT2D eigenvalue weighted by Crippen LogP contribution is -2.37. The van der Waals surface area contributed by atoms with Crippen LogP contribution in [0.3, 0.4) is 0 Å². The third kappa shape index (κ3) is 2.51. The van der Waals surface area contributed by atoms with Crippen LogP contribution in [0.5, 0.6) is 5.88 Å². The van der Waals surface area contributed by atoms with Gasteiger partial charge in [0.2, 0.25) is 5.88 Å². The Balaban J connectivity index is 2.64. The van der Waals surface area contributed by atoms with Crippen LogP contribution in [-0.2, 0) is 0 Å². The molecule has 0 aliphatic carbocycles. The highest BCUT2D eigenvalue weighted by atomic mass is 16.5. The van der Waals surface area contributed by atoms with Crippen LogP contribution in [0.15, 0.2) is 18.3 Å². The minimum Gasteiger partial charge on any atom is -0.470 e. The van der Waals surface area contributed by atoms with Gasteiger partial charge in [0.05, 0.1) is 0 Å². The highest BCUT2D eigenvalue weighted by Crippen LogP contribution is 2.12. The summed E-state index contributed by atoms with van der Waals surface area (Å²) in [6, 6.07) is 6.42. The molecule has 2 N–H and O–H groups in total. The molecular weight excluding hydrogens is 152 g/mol. The monoisotopic (exact) mass is 165 g/mol. The van der Waals surface area contributed by atoms with Crippen molar-refractivity contribution in [3.63, 3.8) is 0 Å². The average Bonchev–Trinajstić information content (AvgIpc) is 2.06. The lowest BCUT2D eigenvalue weighted by atomic mass is 10.1. The maximum absolute atomic E-state index is 5.49. The standard InChI is InChI=1S/C9H13N2O/c1-9(2,7-10)12-8-5-3-4-6-11-8/h3-4,6H,7,10H2,1-2H3. The molecule has 0 saturated carbocycles. The van der Waals surface area contributed by atoms with Crippen LogP contribution in [0.25, 0.3) is 0 Å². The zero-order chi connectivity index (χ0) is 9.03. The molecule has 1 aromatic rings. The van der Waals surface area contributed by atoms with Crippen molar-refractivity contribution in [1.29, 1.82) is 0 Å². The fourth-order valence-corrected chi connectivity index (χ4v) is 0.670. The van der Waals surface area contributed by atoms with Crippen molar-refractivity contribution >= 4 is 0 Å². The number of aromatic nitrogens is 1. The van der Waals surface area contributed by atoms with E-state index in [9.17, 15) is 0 Å². The number of rotatable bonds is 3. The molecule has 0 spiro atoms. The summed E-state index contributed by atoms with van der Waals surface area (Å²) in [5.74, 6) is 0.493. The smallest absolute Gasteiger partial charge is 0.222 e. The first kappa shape index (κ1) is 9.00. The molecule has 0 aliphatic heterocycles. The summed E-state index contributed by atoms with van der Waals surface area (Å²) < 4.78 is 5.46. The zero-order valence-corrected chi connectivity index (χ0v) is 7.37. The first-order chi connectivity index (χ1) is 5.64. The minimum atomic E-state index is -0.370. The quantitative estimate of drug-likeness (QED) is 0.726. The van der Waals surface area contributed by atoms with Crippen LogP contribution in [0.2, 0.25) is 0 Å². The number of pyridine rings is 1. The van der Waals surface area contributed by atoms with E-state index in [-0.39, 0.29) is 5.60 Å². The molecule has 0 bridgehead atoms. The predicted molar refractivity (Wildman–Crippen MR) is 46.8 cm³/mol. The van der Waals surface area contributed by atoms with Crippen molar-refractivity contribution < 1.29 is 4.74 Å². The van der Waals surface area contributed by atoms with Gasteiger partial charge in [0, 0.05) is 18.8 Å². The van der Waals surface area contributed by atoms with E-state index in [1.165, 1.54) is 0 Å². The predicted octanol–water partition coefficient (Wildman–Crippen LogP) is 0.998. The maximum Gasteiger partial charge on any atom is 0.222 e. The molecule has 0 fully saturated rings. The summed E-state index contributed by atoms with van der Waals surface area (Å²) in [7, 11) is 0. The zero-order valence-electron chi connectivity index (χ0n) is 7.37. The van der Waals surface area contributed by atoms with Gasteiger partial charge in [0.1, 0.15) is 5.60 Å². The van der Waals surface area contributed by atoms with Gasteiger partial charge in [-0.1, -0.05) is 0 Å². The molecule has 65 valence electrons. The average molecular weight is 165 g/mol. The van der Waals surface area contributed by atoms with Gasteiger partial charge < -0.3 is 10.5 Å². The van der Waals surface area contributed by atoms with Gasteiger partial charge in [-0.15, -0.1) is 0 Å². The number of hydrogen-bond acceptors (Lipinski definition) is 3. The summed E-state index contributed by atoms with van der Waals surface area (Å²) in [5, 5.41) is 0.